The molecule has 0 unspecified atom stereocenters. The van der Waals surface area contributed by atoms with E-state index in [0.29, 0.717) is 0 Å². The average Bonchev–Trinajstić information content (AvgIpc) is 2.87. The minimum absolute atomic E-state index is 0.726. The first-order valence-corrected chi connectivity index (χ1v) is 6.83. The first-order chi connectivity index (χ1) is 8.22. The second-order valence-electron chi connectivity index (χ2n) is 3.94. The van der Waals surface area contributed by atoms with E-state index in [1.54, 1.807) is 0 Å². The fourth-order valence-corrected chi connectivity index (χ4v) is 2.20. The summed E-state index contributed by atoms with van der Waals surface area (Å²) in [6, 6.07) is 2.09. The molecule has 0 N–H and O–H groups in total. The van der Waals surface area contributed by atoms with E-state index in [0.717, 1.165) is 36.2 Å². The van der Waals surface area contributed by atoms with Gasteiger partial charge in [0.2, 0.25) is 0 Å². The molecule has 5 nitrogen and oxygen atoms in total. The summed E-state index contributed by atoms with van der Waals surface area (Å²) < 4.78 is 3.86. The summed E-state index contributed by atoms with van der Waals surface area (Å²) in [4.78, 5) is 0. The highest BCUT2D eigenvalue weighted by Crippen LogP contribution is 2.06. The van der Waals surface area contributed by atoms with Crippen molar-refractivity contribution in [1.29, 1.82) is 0 Å². The first-order valence-electron chi connectivity index (χ1n) is 5.71. The van der Waals surface area contributed by atoms with Crippen LogP contribution >= 0.6 is 15.9 Å². The third-order valence-corrected chi connectivity index (χ3v) is 2.94. The van der Waals surface area contributed by atoms with E-state index in [-0.39, 0.29) is 0 Å². The average molecular weight is 298 g/mol. The normalized spacial score (nSPS) is 11.0. The quantitative estimate of drug-likeness (QED) is 0.791. The molecule has 0 spiro atoms. The van der Waals surface area contributed by atoms with Crippen molar-refractivity contribution in [1.82, 2.24) is 24.8 Å². The van der Waals surface area contributed by atoms with Crippen LogP contribution in [0.15, 0.2) is 12.3 Å². The molecule has 2 heterocycles. The summed E-state index contributed by atoms with van der Waals surface area (Å²) in [6.07, 6.45) is 2.90. The Morgan fingerprint density at radius 1 is 1.41 bits per heavy atom. The van der Waals surface area contributed by atoms with E-state index < -0.39 is 0 Å². The fraction of sp³-hybridized carbons (Fsp3) is 0.545. The third-order valence-electron chi connectivity index (χ3n) is 2.55. The second-order valence-corrected chi connectivity index (χ2v) is 4.73. The van der Waals surface area contributed by atoms with Gasteiger partial charge in [-0.2, -0.15) is 5.10 Å². The Hall–Kier alpha value is -1.17. The van der Waals surface area contributed by atoms with Gasteiger partial charge in [-0.3, -0.25) is 4.68 Å². The Bertz CT molecular complexity index is 488. The van der Waals surface area contributed by atoms with Crippen molar-refractivity contribution in [3.8, 4) is 0 Å². The Labute approximate surface area is 109 Å². The van der Waals surface area contributed by atoms with Gasteiger partial charge in [-0.1, -0.05) is 21.1 Å². The van der Waals surface area contributed by atoms with Crippen LogP contribution in [0.2, 0.25) is 0 Å². The van der Waals surface area contributed by atoms with E-state index in [1.165, 1.54) is 5.69 Å². The molecule has 0 saturated heterocycles. The number of halogens is 1. The van der Waals surface area contributed by atoms with Crippen LogP contribution in [-0.4, -0.2) is 30.1 Å². The molecule has 0 saturated carbocycles. The van der Waals surface area contributed by atoms with E-state index in [9.17, 15) is 0 Å². The van der Waals surface area contributed by atoms with Crippen molar-refractivity contribution in [3.63, 3.8) is 0 Å². The summed E-state index contributed by atoms with van der Waals surface area (Å²) in [5.41, 5.74) is 3.23. The van der Waals surface area contributed by atoms with E-state index in [2.05, 4.69) is 44.3 Å². The molecule has 2 rings (SSSR count). The van der Waals surface area contributed by atoms with Gasteiger partial charge in [-0.05, 0) is 19.9 Å². The number of alkyl halides is 1. The van der Waals surface area contributed by atoms with Gasteiger partial charge < -0.3 is 0 Å². The highest BCUT2D eigenvalue weighted by molar-refractivity contribution is 9.09. The lowest BCUT2D eigenvalue weighted by molar-refractivity contribution is 0.565. The van der Waals surface area contributed by atoms with Crippen LogP contribution < -0.4 is 0 Å². The number of rotatable bonds is 5. The Kier molecular flexibility index (Phi) is 3.93. The van der Waals surface area contributed by atoms with Gasteiger partial charge in [0.1, 0.15) is 0 Å². The van der Waals surface area contributed by atoms with Gasteiger partial charge in [0.25, 0.3) is 0 Å². The highest BCUT2D eigenvalue weighted by atomic mass is 79.9. The lowest BCUT2D eigenvalue weighted by atomic mass is 10.3. The lowest BCUT2D eigenvalue weighted by Gasteiger charge is -2.03. The maximum absolute atomic E-state index is 4.42. The topological polar surface area (TPSA) is 48.5 Å². The molecule has 0 aliphatic heterocycles. The van der Waals surface area contributed by atoms with E-state index in [4.69, 9.17) is 0 Å². The van der Waals surface area contributed by atoms with Crippen LogP contribution in [0.1, 0.15) is 24.0 Å². The molecule has 0 atom stereocenters. The van der Waals surface area contributed by atoms with Gasteiger partial charge >= 0.3 is 0 Å². The number of aryl methyl sites for hydroxylation is 3. The molecule has 0 aliphatic rings. The van der Waals surface area contributed by atoms with Crippen molar-refractivity contribution in [2.24, 2.45) is 0 Å². The summed E-state index contributed by atoms with van der Waals surface area (Å²) in [5, 5.41) is 13.6. The fourth-order valence-electron chi connectivity index (χ4n) is 1.79. The van der Waals surface area contributed by atoms with Crippen LogP contribution in [0.25, 0.3) is 0 Å². The molecule has 0 aromatic carbocycles. The van der Waals surface area contributed by atoms with E-state index >= 15 is 0 Å². The number of nitrogens with zero attached hydrogens (tertiary/aromatic N) is 5. The molecule has 6 heteroatoms. The summed E-state index contributed by atoms with van der Waals surface area (Å²) >= 11 is 3.40. The highest BCUT2D eigenvalue weighted by Gasteiger charge is 2.06. The third kappa shape index (κ3) is 2.94. The zero-order valence-corrected chi connectivity index (χ0v) is 11.7. The predicted octanol–water partition coefficient (Wildman–Crippen LogP) is 1.79. The number of hydrogen-bond donors (Lipinski definition) is 0. The predicted molar refractivity (Wildman–Crippen MR) is 69.3 cm³/mol. The molecule has 0 fully saturated rings. The zero-order valence-electron chi connectivity index (χ0n) is 10.1. The molecule has 0 aliphatic carbocycles. The maximum Gasteiger partial charge on any atom is 0.0846 e. The molecule has 2 aromatic heterocycles. The van der Waals surface area contributed by atoms with Crippen LogP contribution in [0.4, 0.5) is 0 Å². The summed E-state index contributed by atoms with van der Waals surface area (Å²) in [7, 11) is 0. The minimum atomic E-state index is 0.726. The van der Waals surface area contributed by atoms with Gasteiger partial charge in [-0.15, -0.1) is 5.10 Å². The maximum atomic E-state index is 4.42. The Morgan fingerprint density at radius 3 is 2.94 bits per heavy atom. The standard InChI is InChI=1S/C11H16BrN5/c1-3-17-11(6-9(2)14-17)8-16-7-10(4-5-12)13-15-16/h6-7H,3-5,8H2,1-2H3. The molecule has 0 radical (unpaired) electrons. The minimum Gasteiger partial charge on any atom is -0.268 e. The largest absolute Gasteiger partial charge is 0.268 e. The molecule has 0 bridgehead atoms. The van der Waals surface area contributed by atoms with Gasteiger partial charge in [-0.25, -0.2) is 4.68 Å². The smallest absolute Gasteiger partial charge is 0.0846 e. The molecular formula is C11H16BrN5. The second kappa shape index (κ2) is 5.44. The lowest BCUT2D eigenvalue weighted by Crippen LogP contribution is -2.08. The summed E-state index contributed by atoms with van der Waals surface area (Å²) in [5.74, 6) is 0. The van der Waals surface area contributed by atoms with Crippen molar-refractivity contribution >= 4 is 15.9 Å². The molecule has 2 aromatic rings. The molecule has 17 heavy (non-hydrogen) atoms. The van der Waals surface area contributed by atoms with E-state index in [1.807, 2.05) is 22.5 Å². The van der Waals surface area contributed by atoms with Crippen LogP contribution in [0.3, 0.4) is 0 Å². The van der Waals surface area contributed by atoms with Crippen LogP contribution in [0.5, 0.6) is 0 Å². The van der Waals surface area contributed by atoms with Gasteiger partial charge in [0.15, 0.2) is 0 Å². The van der Waals surface area contributed by atoms with Crippen molar-refractivity contribution < 1.29 is 0 Å². The van der Waals surface area contributed by atoms with Gasteiger partial charge in [0.05, 0.1) is 23.6 Å². The number of aromatic nitrogens is 5. The number of hydrogen-bond acceptors (Lipinski definition) is 3. The molecule has 92 valence electrons. The molecule has 0 amide bonds. The van der Waals surface area contributed by atoms with Crippen molar-refractivity contribution in [2.45, 2.75) is 33.4 Å². The Balaban J connectivity index is 2.13. The first kappa shape index (κ1) is 12.3. The van der Waals surface area contributed by atoms with Gasteiger partial charge in [0, 0.05) is 24.5 Å². The summed E-state index contributed by atoms with van der Waals surface area (Å²) in [6.45, 7) is 5.71. The van der Waals surface area contributed by atoms with Crippen molar-refractivity contribution in [3.05, 3.63) is 29.3 Å². The van der Waals surface area contributed by atoms with Crippen LogP contribution in [0, 0.1) is 6.92 Å². The van der Waals surface area contributed by atoms with Crippen LogP contribution in [-0.2, 0) is 19.5 Å². The SMILES string of the molecule is CCn1nc(C)cc1Cn1cc(CCBr)nn1. The monoisotopic (exact) mass is 297 g/mol. The van der Waals surface area contributed by atoms with Crippen molar-refractivity contribution in [2.75, 3.05) is 5.33 Å². The molecular weight excluding hydrogens is 282 g/mol. The zero-order chi connectivity index (χ0) is 12.3. The Morgan fingerprint density at radius 2 is 2.24 bits per heavy atom.